The Kier molecular flexibility index (Phi) is 64.6. The summed E-state index contributed by atoms with van der Waals surface area (Å²) in [6.07, 6.45) is 80.7. The highest BCUT2D eigenvalue weighted by atomic mass is 16.6. The summed E-state index contributed by atoms with van der Waals surface area (Å²) in [6, 6.07) is 0. The fraction of sp³-hybridized carbons (Fsp3) is 0.901. The molecule has 0 aromatic carbocycles. The molecule has 0 radical (unpaired) electrons. The summed E-state index contributed by atoms with van der Waals surface area (Å²) < 4.78 is 17.0. The summed E-state index contributed by atoms with van der Waals surface area (Å²) in [6.45, 7) is 6.68. The van der Waals surface area contributed by atoms with Crippen LogP contribution in [0.25, 0.3) is 0 Å². The first kappa shape index (κ1) is 74.9. The Morgan fingerprint density at radius 1 is 0.247 bits per heavy atom. The predicted molar refractivity (Wildman–Crippen MR) is 335 cm³/mol. The number of unbranched alkanes of at least 4 members (excludes halogenated alkanes) is 50. The van der Waals surface area contributed by atoms with E-state index in [0.29, 0.717) is 19.3 Å². The average molecular weight is 1080 g/mol. The molecule has 77 heavy (non-hydrogen) atoms. The number of esters is 3. The quantitative estimate of drug-likeness (QED) is 0.0261. The van der Waals surface area contributed by atoms with Gasteiger partial charge in [-0.15, -0.1) is 0 Å². The van der Waals surface area contributed by atoms with Crippen LogP contribution in [0.1, 0.15) is 393 Å². The summed E-state index contributed by atoms with van der Waals surface area (Å²) in [5, 5.41) is 0. The molecule has 0 saturated carbocycles. The number of allylic oxidation sites excluding steroid dienone is 4. The van der Waals surface area contributed by atoms with Crippen molar-refractivity contribution in [2.45, 2.75) is 399 Å². The first-order chi connectivity index (χ1) is 38.0. The molecule has 1 unspecified atom stereocenters. The van der Waals surface area contributed by atoms with Gasteiger partial charge in [-0.1, -0.05) is 328 Å². The van der Waals surface area contributed by atoms with Crippen molar-refractivity contribution in [1.29, 1.82) is 0 Å². The molecular formula is C71H134O6. The van der Waals surface area contributed by atoms with E-state index in [1.165, 1.54) is 289 Å². The lowest BCUT2D eigenvalue weighted by atomic mass is 10.0. The molecule has 0 aliphatic rings. The molecule has 0 heterocycles. The third-order valence-corrected chi connectivity index (χ3v) is 15.9. The van der Waals surface area contributed by atoms with Gasteiger partial charge in [-0.3, -0.25) is 14.4 Å². The van der Waals surface area contributed by atoms with Crippen LogP contribution < -0.4 is 0 Å². The lowest BCUT2D eigenvalue weighted by Gasteiger charge is -2.18. The molecule has 0 aromatic rings. The number of carbonyl (C=O) groups is 3. The average Bonchev–Trinajstić information content (AvgIpc) is 3.43. The second-order valence-corrected chi connectivity index (χ2v) is 23.8. The highest BCUT2D eigenvalue weighted by molar-refractivity contribution is 5.71. The fourth-order valence-corrected chi connectivity index (χ4v) is 10.7. The Bertz CT molecular complexity index is 1240. The summed E-state index contributed by atoms with van der Waals surface area (Å²) in [5.74, 6) is -0.853. The Hall–Kier alpha value is -2.11. The largest absolute Gasteiger partial charge is 0.462 e. The molecule has 0 aliphatic carbocycles. The van der Waals surface area contributed by atoms with Crippen LogP contribution in [0.2, 0.25) is 0 Å². The van der Waals surface area contributed by atoms with E-state index >= 15 is 0 Å². The monoisotopic (exact) mass is 1080 g/mol. The first-order valence-corrected chi connectivity index (χ1v) is 34.8. The van der Waals surface area contributed by atoms with Gasteiger partial charge in [0.25, 0.3) is 0 Å². The van der Waals surface area contributed by atoms with Crippen LogP contribution in [0.5, 0.6) is 0 Å². The molecule has 0 amide bonds. The van der Waals surface area contributed by atoms with Gasteiger partial charge >= 0.3 is 17.9 Å². The van der Waals surface area contributed by atoms with Crippen LogP contribution in [0, 0.1) is 0 Å². The maximum absolute atomic E-state index is 12.9. The second-order valence-electron chi connectivity index (χ2n) is 23.8. The van der Waals surface area contributed by atoms with E-state index in [9.17, 15) is 14.4 Å². The molecule has 0 fully saturated rings. The molecular weight excluding hydrogens is 949 g/mol. The van der Waals surface area contributed by atoms with Gasteiger partial charge in [0.15, 0.2) is 6.10 Å². The van der Waals surface area contributed by atoms with Gasteiger partial charge in [0.05, 0.1) is 0 Å². The molecule has 0 spiro atoms. The molecule has 454 valence electrons. The minimum absolute atomic E-state index is 0.0695. The molecule has 0 N–H and O–H groups in total. The van der Waals surface area contributed by atoms with Gasteiger partial charge in [0, 0.05) is 19.3 Å². The van der Waals surface area contributed by atoms with Crippen molar-refractivity contribution in [2.24, 2.45) is 0 Å². The van der Waals surface area contributed by atoms with Crippen LogP contribution in [-0.4, -0.2) is 37.2 Å². The minimum Gasteiger partial charge on any atom is -0.462 e. The SMILES string of the molecule is CCCCC/C=C\CCCCCCCC(=O)OCC(COC(=O)CCCCCCCCCCCCCCCCCCCCCCCCCCCC)OC(=O)CCCCCCCCCCC/C=C\CCCCCCCCCC. The number of carbonyl (C=O) groups excluding carboxylic acids is 3. The number of hydrogen-bond donors (Lipinski definition) is 0. The molecule has 0 bridgehead atoms. The van der Waals surface area contributed by atoms with Gasteiger partial charge in [0.1, 0.15) is 13.2 Å². The zero-order valence-corrected chi connectivity index (χ0v) is 52.3. The Balaban J connectivity index is 4.19. The van der Waals surface area contributed by atoms with Crippen molar-refractivity contribution in [1.82, 2.24) is 0 Å². The Morgan fingerprint density at radius 2 is 0.429 bits per heavy atom. The normalized spacial score (nSPS) is 12.1. The van der Waals surface area contributed by atoms with Crippen molar-refractivity contribution in [2.75, 3.05) is 13.2 Å². The first-order valence-electron chi connectivity index (χ1n) is 34.8. The van der Waals surface area contributed by atoms with Gasteiger partial charge in [-0.05, 0) is 70.6 Å². The van der Waals surface area contributed by atoms with Crippen LogP contribution >= 0.6 is 0 Å². The number of ether oxygens (including phenoxy) is 3. The lowest BCUT2D eigenvalue weighted by Crippen LogP contribution is -2.30. The Labute approximate surface area is 481 Å². The fourth-order valence-electron chi connectivity index (χ4n) is 10.7. The maximum Gasteiger partial charge on any atom is 0.306 e. The summed E-state index contributed by atoms with van der Waals surface area (Å²) in [7, 11) is 0. The highest BCUT2D eigenvalue weighted by Crippen LogP contribution is 2.19. The van der Waals surface area contributed by atoms with Gasteiger partial charge in [0.2, 0.25) is 0 Å². The van der Waals surface area contributed by atoms with Crippen LogP contribution in [0.3, 0.4) is 0 Å². The smallest absolute Gasteiger partial charge is 0.306 e. The summed E-state index contributed by atoms with van der Waals surface area (Å²) in [5.41, 5.74) is 0. The summed E-state index contributed by atoms with van der Waals surface area (Å²) in [4.78, 5) is 38.3. The third kappa shape index (κ3) is 64.6. The molecule has 0 aliphatic heterocycles. The minimum atomic E-state index is -0.773. The van der Waals surface area contributed by atoms with Crippen molar-refractivity contribution >= 4 is 17.9 Å². The molecule has 0 rings (SSSR count). The van der Waals surface area contributed by atoms with E-state index < -0.39 is 6.10 Å². The van der Waals surface area contributed by atoms with E-state index in [1.807, 2.05) is 0 Å². The number of hydrogen-bond acceptors (Lipinski definition) is 6. The third-order valence-electron chi connectivity index (χ3n) is 15.9. The van der Waals surface area contributed by atoms with Crippen molar-refractivity contribution in [3.8, 4) is 0 Å². The molecule has 0 saturated heterocycles. The molecule has 0 aromatic heterocycles. The molecule has 6 heteroatoms. The molecule has 6 nitrogen and oxygen atoms in total. The van der Waals surface area contributed by atoms with Crippen molar-refractivity contribution < 1.29 is 28.6 Å². The molecule has 1 atom stereocenters. The highest BCUT2D eigenvalue weighted by Gasteiger charge is 2.19. The maximum atomic E-state index is 12.9. The van der Waals surface area contributed by atoms with Crippen LogP contribution in [0.15, 0.2) is 24.3 Å². The van der Waals surface area contributed by atoms with Crippen molar-refractivity contribution in [3.63, 3.8) is 0 Å². The van der Waals surface area contributed by atoms with E-state index in [-0.39, 0.29) is 31.1 Å². The van der Waals surface area contributed by atoms with Crippen LogP contribution in [-0.2, 0) is 28.6 Å². The Morgan fingerprint density at radius 3 is 0.675 bits per heavy atom. The van der Waals surface area contributed by atoms with E-state index in [1.54, 1.807) is 0 Å². The standard InChI is InChI=1S/C71H134O6/c1-4-7-10-13-16-19-22-25-27-29-31-33-34-35-36-37-39-40-42-44-46-49-52-55-58-61-64-70(73)76-67-68(66-75-69(72)63-60-57-54-51-48-24-21-18-15-12-9-6-3)77-71(74)65-62-59-56-53-50-47-45-43-41-38-32-30-28-26-23-20-17-14-11-8-5-2/h18,21,30,32,68H,4-17,19-20,22-29,31,33-67H2,1-3H3/b21-18-,32-30-. The lowest BCUT2D eigenvalue weighted by molar-refractivity contribution is -0.167. The number of rotatable bonds is 65. The van der Waals surface area contributed by atoms with Gasteiger partial charge in [-0.2, -0.15) is 0 Å². The van der Waals surface area contributed by atoms with Crippen LogP contribution in [0.4, 0.5) is 0 Å². The van der Waals surface area contributed by atoms with Gasteiger partial charge in [-0.25, -0.2) is 0 Å². The van der Waals surface area contributed by atoms with Gasteiger partial charge < -0.3 is 14.2 Å². The second kappa shape index (κ2) is 66.4. The van der Waals surface area contributed by atoms with Crippen molar-refractivity contribution in [3.05, 3.63) is 24.3 Å². The zero-order chi connectivity index (χ0) is 55.7. The predicted octanol–water partition coefficient (Wildman–Crippen LogP) is 23.8. The van der Waals surface area contributed by atoms with E-state index in [4.69, 9.17) is 14.2 Å². The van der Waals surface area contributed by atoms with E-state index in [2.05, 4.69) is 45.1 Å². The topological polar surface area (TPSA) is 78.9 Å². The summed E-state index contributed by atoms with van der Waals surface area (Å²) >= 11 is 0. The zero-order valence-electron chi connectivity index (χ0n) is 52.3. The van der Waals surface area contributed by atoms with E-state index in [0.717, 1.165) is 64.2 Å².